The van der Waals surface area contributed by atoms with Gasteiger partial charge in [-0.3, -0.25) is 0 Å². The van der Waals surface area contributed by atoms with Crippen LogP contribution >= 0.6 is 0 Å². The first-order valence-corrected chi connectivity index (χ1v) is 4.48. The van der Waals surface area contributed by atoms with Gasteiger partial charge in [-0.05, 0) is 30.3 Å². The minimum absolute atomic E-state index is 0.194. The molecule has 0 bridgehead atoms. The van der Waals surface area contributed by atoms with E-state index in [0.29, 0.717) is 5.92 Å². The fourth-order valence-electron chi connectivity index (χ4n) is 1.59. The van der Waals surface area contributed by atoms with Crippen molar-refractivity contribution < 1.29 is 5.11 Å². The summed E-state index contributed by atoms with van der Waals surface area (Å²) in [5, 5.41) is 9.68. The summed E-state index contributed by atoms with van der Waals surface area (Å²) in [7, 11) is 0. The molecule has 0 aromatic rings. The van der Waals surface area contributed by atoms with Crippen molar-refractivity contribution in [2.75, 3.05) is 0 Å². The van der Waals surface area contributed by atoms with E-state index >= 15 is 0 Å². The average Bonchev–Trinajstić information content (AvgIpc) is 2.34. The third-order valence-corrected chi connectivity index (χ3v) is 2.38. The van der Waals surface area contributed by atoms with Crippen LogP contribution in [0.3, 0.4) is 0 Å². The number of aliphatic hydroxyl groups is 1. The van der Waals surface area contributed by atoms with Crippen LogP contribution in [0.2, 0.25) is 0 Å². The van der Waals surface area contributed by atoms with E-state index in [4.69, 9.17) is 0 Å². The molecule has 0 fully saturated rings. The third kappa shape index (κ3) is 2.06. The zero-order valence-corrected chi connectivity index (χ0v) is 7.67. The fraction of sp³-hybridized carbons (Fsp3) is 0.800. The van der Waals surface area contributed by atoms with Crippen molar-refractivity contribution in [3.63, 3.8) is 0 Å². The molecule has 1 nitrogen and oxygen atoms in total. The zero-order chi connectivity index (χ0) is 8.43. The Kier molecular flexibility index (Phi) is 2.72. The lowest BCUT2D eigenvalue weighted by Gasteiger charge is -2.16. The molecule has 0 aliphatic heterocycles. The van der Waals surface area contributed by atoms with Gasteiger partial charge in [0.25, 0.3) is 0 Å². The molecule has 1 rings (SSSR count). The van der Waals surface area contributed by atoms with E-state index in [1.807, 2.05) is 0 Å². The highest BCUT2D eigenvalue weighted by molar-refractivity contribution is 5.14. The highest BCUT2D eigenvalue weighted by Crippen LogP contribution is 2.28. The first-order chi connectivity index (χ1) is 5.11. The van der Waals surface area contributed by atoms with Gasteiger partial charge in [0.1, 0.15) is 0 Å². The Bertz CT molecular complexity index is 158. The molecule has 1 heteroatoms. The Balaban J connectivity index is 2.49. The second-order valence-electron chi connectivity index (χ2n) is 4.01. The summed E-state index contributed by atoms with van der Waals surface area (Å²) in [5.74, 6) is 1.12. The maximum atomic E-state index is 9.68. The molecule has 0 heterocycles. The molecule has 0 spiro atoms. The molecular formula is C10H18O. The van der Waals surface area contributed by atoms with Gasteiger partial charge in [-0.1, -0.05) is 26.8 Å². The van der Waals surface area contributed by atoms with Crippen LogP contribution in [-0.2, 0) is 0 Å². The standard InChI is InChI=1S/C10H18O/c1-7(2)10(11)9-5-4-8(3)6-9/h5,7-8,10-11H,4,6H2,1-3H3/t8-,10+/m0/s1. The normalized spacial score (nSPS) is 27.4. The number of aliphatic hydroxyl groups excluding tert-OH is 1. The van der Waals surface area contributed by atoms with Crippen LogP contribution in [0.25, 0.3) is 0 Å². The molecule has 0 amide bonds. The van der Waals surface area contributed by atoms with Crippen LogP contribution < -0.4 is 0 Å². The van der Waals surface area contributed by atoms with E-state index in [-0.39, 0.29) is 6.10 Å². The fourth-order valence-corrected chi connectivity index (χ4v) is 1.59. The summed E-state index contributed by atoms with van der Waals surface area (Å²) in [4.78, 5) is 0. The number of hydrogen-bond donors (Lipinski definition) is 1. The van der Waals surface area contributed by atoms with Gasteiger partial charge >= 0.3 is 0 Å². The largest absolute Gasteiger partial charge is 0.388 e. The van der Waals surface area contributed by atoms with Crippen molar-refractivity contribution in [3.05, 3.63) is 11.6 Å². The van der Waals surface area contributed by atoms with Crippen molar-refractivity contribution in [1.82, 2.24) is 0 Å². The molecule has 11 heavy (non-hydrogen) atoms. The van der Waals surface area contributed by atoms with Gasteiger partial charge in [0.15, 0.2) is 0 Å². The number of hydrogen-bond acceptors (Lipinski definition) is 1. The van der Waals surface area contributed by atoms with Gasteiger partial charge in [0.05, 0.1) is 6.10 Å². The van der Waals surface area contributed by atoms with Crippen LogP contribution in [-0.4, -0.2) is 11.2 Å². The van der Waals surface area contributed by atoms with Crippen LogP contribution in [0.1, 0.15) is 33.6 Å². The molecule has 0 radical (unpaired) electrons. The summed E-state index contributed by atoms with van der Waals surface area (Å²) >= 11 is 0. The van der Waals surface area contributed by atoms with Crippen LogP contribution in [0.15, 0.2) is 11.6 Å². The lowest BCUT2D eigenvalue weighted by molar-refractivity contribution is 0.156. The molecule has 0 unspecified atom stereocenters. The summed E-state index contributed by atoms with van der Waals surface area (Å²) < 4.78 is 0. The topological polar surface area (TPSA) is 20.2 Å². The minimum Gasteiger partial charge on any atom is -0.388 e. The summed E-state index contributed by atoms with van der Waals surface area (Å²) in [5.41, 5.74) is 1.26. The van der Waals surface area contributed by atoms with Gasteiger partial charge in [0.2, 0.25) is 0 Å². The van der Waals surface area contributed by atoms with Gasteiger partial charge in [-0.15, -0.1) is 0 Å². The summed E-state index contributed by atoms with van der Waals surface area (Å²) in [6, 6.07) is 0. The molecular weight excluding hydrogens is 136 g/mol. The zero-order valence-electron chi connectivity index (χ0n) is 7.67. The van der Waals surface area contributed by atoms with Crippen molar-refractivity contribution >= 4 is 0 Å². The van der Waals surface area contributed by atoms with Crippen LogP contribution in [0, 0.1) is 11.8 Å². The first kappa shape index (κ1) is 8.79. The quantitative estimate of drug-likeness (QED) is 0.605. The number of rotatable bonds is 2. The maximum absolute atomic E-state index is 9.68. The number of allylic oxidation sites excluding steroid dienone is 1. The van der Waals surface area contributed by atoms with E-state index in [1.54, 1.807) is 0 Å². The van der Waals surface area contributed by atoms with E-state index < -0.39 is 0 Å². The molecule has 1 aliphatic carbocycles. The average molecular weight is 154 g/mol. The maximum Gasteiger partial charge on any atom is 0.0773 e. The smallest absolute Gasteiger partial charge is 0.0773 e. The Morgan fingerprint density at radius 3 is 2.55 bits per heavy atom. The SMILES string of the molecule is CC(C)[C@@H](O)C1=CC[C@H](C)C1. The Morgan fingerprint density at radius 2 is 2.18 bits per heavy atom. The third-order valence-electron chi connectivity index (χ3n) is 2.38. The van der Waals surface area contributed by atoms with Gasteiger partial charge in [-0.25, -0.2) is 0 Å². The predicted octanol–water partition coefficient (Wildman–Crippen LogP) is 2.36. The second kappa shape index (κ2) is 3.40. The van der Waals surface area contributed by atoms with Crippen LogP contribution in [0.5, 0.6) is 0 Å². The van der Waals surface area contributed by atoms with E-state index in [9.17, 15) is 5.11 Å². The predicted molar refractivity (Wildman–Crippen MR) is 47.3 cm³/mol. The lowest BCUT2D eigenvalue weighted by Crippen LogP contribution is -2.16. The molecule has 1 aliphatic rings. The van der Waals surface area contributed by atoms with Crippen molar-refractivity contribution in [2.45, 2.75) is 39.7 Å². The van der Waals surface area contributed by atoms with Crippen molar-refractivity contribution in [2.24, 2.45) is 11.8 Å². The van der Waals surface area contributed by atoms with Gasteiger partial charge < -0.3 is 5.11 Å². The molecule has 1 N–H and O–H groups in total. The lowest BCUT2D eigenvalue weighted by atomic mass is 9.97. The Hall–Kier alpha value is -0.300. The molecule has 64 valence electrons. The highest BCUT2D eigenvalue weighted by Gasteiger charge is 2.20. The Labute approximate surface area is 69.1 Å². The van der Waals surface area contributed by atoms with Crippen LogP contribution in [0.4, 0.5) is 0 Å². The van der Waals surface area contributed by atoms with Crippen molar-refractivity contribution in [3.8, 4) is 0 Å². The second-order valence-corrected chi connectivity index (χ2v) is 4.01. The minimum atomic E-state index is -0.194. The molecule has 0 saturated heterocycles. The first-order valence-electron chi connectivity index (χ1n) is 4.48. The molecule has 0 saturated carbocycles. The monoisotopic (exact) mass is 154 g/mol. The summed E-state index contributed by atoms with van der Waals surface area (Å²) in [6.07, 6.45) is 4.26. The molecule has 2 atom stereocenters. The van der Waals surface area contributed by atoms with E-state index in [1.165, 1.54) is 5.57 Å². The van der Waals surface area contributed by atoms with Crippen molar-refractivity contribution in [1.29, 1.82) is 0 Å². The van der Waals surface area contributed by atoms with Gasteiger partial charge in [0, 0.05) is 0 Å². The Morgan fingerprint density at radius 1 is 1.55 bits per heavy atom. The molecule has 0 aromatic carbocycles. The van der Waals surface area contributed by atoms with E-state index in [2.05, 4.69) is 26.8 Å². The van der Waals surface area contributed by atoms with Gasteiger partial charge in [-0.2, -0.15) is 0 Å². The highest BCUT2D eigenvalue weighted by atomic mass is 16.3. The molecule has 0 aromatic heterocycles. The van der Waals surface area contributed by atoms with E-state index in [0.717, 1.165) is 18.8 Å². The summed E-state index contributed by atoms with van der Waals surface area (Å²) in [6.45, 7) is 6.36.